The van der Waals surface area contributed by atoms with Gasteiger partial charge in [0.1, 0.15) is 12.1 Å². The number of hydrogen-bond acceptors (Lipinski definition) is 9. The van der Waals surface area contributed by atoms with Crippen molar-refractivity contribution in [1.29, 1.82) is 0 Å². The smallest absolute Gasteiger partial charge is 0.338 e. The van der Waals surface area contributed by atoms with Crippen molar-refractivity contribution in [2.24, 2.45) is 11.8 Å². The highest BCUT2D eigenvalue weighted by atomic mass is 16.6. The lowest BCUT2D eigenvalue weighted by molar-refractivity contribution is -0.143. The van der Waals surface area contributed by atoms with Gasteiger partial charge in [-0.25, -0.2) is 4.79 Å². The van der Waals surface area contributed by atoms with Crippen molar-refractivity contribution < 1.29 is 38.1 Å². The summed E-state index contributed by atoms with van der Waals surface area (Å²) in [6.07, 6.45) is 0.838. The first-order valence-electron chi connectivity index (χ1n) is 13.2. The first-order valence-corrected chi connectivity index (χ1v) is 13.2. The maximum absolute atomic E-state index is 12.5. The largest absolute Gasteiger partial charge is 0.468 e. The maximum atomic E-state index is 12.5. The molecule has 0 saturated carbocycles. The summed E-state index contributed by atoms with van der Waals surface area (Å²) in [6, 6.07) is 12.7. The SMILES string of the molecule is CCC(C)C(=O)Oc1ccc(C[C@H](NCC(C)OC(=O)c2ccccc2)C(=O)OC)cc1OC(=O)C(C)CC. The summed E-state index contributed by atoms with van der Waals surface area (Å²) in [7, 11) is 1.28. The maximum Gasteiger partial charge on any atom is 0.338 e. The van der Waals surface area contributed by atoms with E-state index in [9.17, 15) is 19.2 Å². The fourth-order valence-electron chi connectivity index (χ4n) is 3.39. The number of esters is 4. The van der Waals surface area contributed by atoms with Crippen LogP contribution in [0.1, 0.15) is 63.4 Å². The molecule has 1 N–H and O–H groups in total. The summed E-state index contributed by atoms with van der Waals surface area (Å²) >= 11 is 0. The second-order valence-electron chi connectivity index (χ2n) is 9.51. The van der Waals surface area contributed by atoms with Crippen molar-refractivity contribution in [3.63, 3.8) is 0 Å². The van der Waals surface area contributed by atoms with Crippen molar-refractivity contribution in [2.75, 3.05) is 13.7 Å². The van der Waals surface area contributed by atoms with Gasteiger partial charge in [0.2, 0.25) is 0 Å². The van der Waals surface area contributed by atoms with Crippen molar-refractivity contribution in [2.45, 2.75) is 66.0 Å². The van der Waals surface area contributed by atoms with E-state index in [-0.39, 0.29) is 36.3 Å². The molecule has 9 heteroatoms. The van der Waals surface area contributed by atoms with Gasteiger partial charge in [0.15, 0.2) is 11.5 Å². The Morgan fingerprint density at radius 3 is 1.95 bits per heavy atom. The number of methoxy groups -OCH3 is 1. The predicted octanol–water partition coefficient (Wildman–Crippen LogP) is 4.51. The molecule has 3 unspecified atom stereocenters. The van der Waals surface area contributed by atoms with Crippen LogP contribution in [0.5, 0.6) is 11.5 Å². The van der Waals surface area contributed by atoms with Crippen LogP contribution in [-0.2, 0) is 30.3 Å². The van der Waals surface area contributed by atoms with Crippen LogP contribution in [0.4, 0.5) is 0 Å². The Balaban J connectivity index is 2.18. The van der Waals surface area contributed by atoms with E-state index in [0.29, 0.717) is 24.0 Å². The summed E-state index contributed by atoms with van der Waals surface area (Å²) in [5, 5.41) is 3.09. The first kappa shape index (κ1) is 31.5. The van der Waals surface area contributed by atoms with E-state index >= 15 is 0 Å². The highest BCUT2D eigenvalue weighted by Crippen LogP contribution is 2.31. The number of nitrogens with one attached hydrogen (secondary N) is 1. The summed E-state index contributed by atoms with van der Waals surface area (Å²) < 4.78 is 21.5. The molecule has 0 aromatic heterocycles. The molecule has 0 heterocycles. The molecule has 0 aliphatic rings. The molecular weight excluding hydrogens is 502 g/mol. The van der Waals surface area contributed by atoms with E-state index in [1.54, 1.807) is 63.2 Å². The highest BCUT2D eigenvalue weighted by molar-refractivity contribution is 5.89. The second-order valence-corrected chi connectivity index (χ2v) is 9.51. The number of carbonyl (C=O) groups is 4. The zero-order valence-electron chi connectivity index (χ0n) is 23.5. The van der Waals surface area contributed by atoms with Crippen LogP contribution >= 0.6 is 0 Å². The molecule has 0 aliphatic heterocycles. The Morgan fingerprint density at radius 2 is 1.38 bits per heavy atom. The predicted molar refractivity (Wildman–Crippen MR) is 145 cm³/mol. The molecule has 0 aliphatic carbocycles. The number of hydrogen-bond donors (Lipinski definition) is 1. The second kappa shape index (κ2) is 15.6. The van der Waals surface area contributed by atoms with Crippen molar-refractivity contribution in [3.8, 4) is 11.5 Å². The van der Waals surface area contributed by atoms with E-state index in [1.807, 2.05) is 19.9 Å². The van der Waals surface area contributed by atoms with Gasteiger partial charge in [-0.1, -0.05) is 52.0 Å². The van der Waals surface area contributed by atoms with E-state index in [2.05, 4.69) is 5.32 Å². The molecule has 0 radical (unpaired) electrons. The van der Waals surface area contributed by atoms with Gasteiger partial charge in [-0.3, -0.25) is 14.4 Å². The minimum absolute atomic E-state index is 0.100. The molecule has 0 saturated heterocycles. The van der Waals surface area contributed by atoms with Gasteiger partial charge in [0.05, 0.1) is 24.5 Å². The number of carbonyl (C=O) groups excluding carboxylic acids is 4. The van der Waals surface area contributed by atoms with Crippen LogP contribution in [0.3, 0.4) is 0 Å². The summed E-state index contributed by atoms with van der Waals surface area (Å²) in [4.78, 5) is 49.8. The third kappa shape index (κ3) is 9.83. The molecule has 0 spiro atoms. The molecule has 9 nitrogen and oxygen atoms in total. The lowest BCUT2D eigenvalue weighted by Gasteiger charge is -2.21. The van der Waals surface area contributed by atoms with E-state index < -0.39 is 36.0 Å². The molecule has 212 valence electrons. The molecule has 39 heavy (non-hydrogen) atoms. The molecule has 0 fully saturated rings. The molecule has 2 rings (SSSR count). The molecule has 4 atom stereocenters. The number of rotatable bonds is 14. The van der Waals surface area contributed by atoms with Crippen molar-refractivity contribution in [3.05, 3.63) is 59.7 Å². The first-order chi connectivity index (χ1) is 18.6. The van der Waals surface area contributed by atoms with Gasteiger partial charge < -0.3 is 24.3 Å². The number of benzene rings is 2. The molecule has 2 aromatic rings. The zero-order valence-corrected chi connectivity index (χ0v) is 23.5. The fourth-order valence-corrected chi connectivity index (χ4v) is 3.39. The van der Waals surface area contributed by atoms with Crippen LogP contribution < -0.4 is 14.8 Å². The topological polar surface area (TPSA) is 117 Å². The monoisotopic (exact) mass is 541 g/mol. The number of ether oxygens (including phenoxy) is 4. The molecule has 0 amide bonds. The Bertz CT molecular complexity index is 1120. The van der Waals surface area contributed by atoms with Crippen molar-refractivity contribution >= 4 is 23.9 Å². The summed E-state index contributed by atoms with van der Waals surface area (Å²) in [5.74, 6) is -2.30. The van der Waals surface area contributed by atoms with Gasteiger partial charge in [0, 0.05) is 6.54 Å². The average Bonchev–Trinajstić information content (AvgIpc) is 2.95. The van der Waals surface area contributed by atoms with Crippen LogP contribution in [-0.4, -0.2) is 49.7 Å². The molecular formula is C30H39NO8. The Labute approximate surface area is 230 Å². The van der Waals surface area contributed by atoms with E-state index in [1.165, 1.54) is 7.11 Å². The van der Waals surface area contributed by atoms with Crippen molar-refractivity contribution in [1.82, 2.24) is 5.32 Å². The van der Waals surface area contributed by atoms with Gasteiger partial charge in [-0.05, 0) is 56.0 Å². The normalized spacial score (nSPS) is 13.9. The Hall–Kier alpha value is -3.72. The Morgan fingerprint density at radius 1 is 0.795 bits per heavy atom. The molecule has 0 bridgehead atoms. The minimum Gasteiger partial charge on any atom is -0.468 e. The van der Waals surface area contributed by atoms with Gasteiger partial charge >= 0.3 is 23.9 Å². The van der Waals surface area contributed by atoms with Crippen LogP contribution in [0, 0.1) is 11.8 Å². The lowest BCUT2D eigenvalue weighted by atomic mass is 10.0. The van der Waals surface area contributed by atoms with Crippen LogP contribution in [0.2, 0.25) is 0 Å². The average molecular weight is 542 g/mol. The molecule has 2 aromatic carbocycles. The van der Waals surface area contributed by atoms with E-state index in [4.69, 9.17) is 18.9 Å². The van der Waals surface area contributed by atoms with Gasteiger partial charge in [-0.15, -0.1) is 0 Å². The Kier molecular flexibility index (Phi) is 12.6. The summed E-state index contributed by atoms with van der Waals surface area (Å²) in [6.45, 7) is 9.17. The standard InChI is InChI=1S/C30H39NO8/c1-7-19(3)27(32)38-25-15-14-22(17-26(25)39-28(33)20(4)8-2)16-24(30(35)36-6)31-18-21(5)37-29(34)23-12-10-9-11-13-23/h9-15,17,19-21,24,31H,7-8,16,18H2,1-6H3/t19?,20?,21?,24-/m0/s1. The minimum atomic E-state index is -0.778. The fraction of sp³-hybridized carbons (Fsp3) is 0.467. The summed E-state index contributed by atoms with van der Waals surface area (Å²) in [5.41, 5.74) is 1.07. The zero-order chi connectivity index (χ0) is 28.9. The van der Waals surface area contributed by atoms with E-state index in [0.717, 1.165) is 0 Å². The third-order valence-electron chi connectivity index (χ3n) is 6.35. The van der Waals surface area contributed by atoms with Gasteiger partial charge in [-0.2, -0.15) is 0 Å². The lowest BCUT2D eigenvalue weighted by Crippen LogP contribution is -2.43. The van der Waals surface area contributed by atoms with Gasteiger partial charge in [0.25, 0.3) is 0 Å². The van der Waals surface area contributed by atoms with Crippen LogP contribution in [0.25, 0.3) is 0 Å². The third-order valence-corrected chi connectivity index (χ3v) is 6.35. The van der Waals surface area contributed by atoms with Crippen LogP contribution in [0.15, 0.2) is 48.5 Å². The quantitative estimate of drug-likeness (QED) is 0.272. The highest BCUT2D eigenvalue weighted by Gasteiger charge is 2.24.